The molecular formula is C44H35N3O. The molecule has 48 heavy (non-hydrogen) atoms. The Morgan fingerprint density at radius 1 is 0.750 bits per heavy atom. The van der Waals surface area contributed by atoms with Crippen LogP contribution in [0.15, 0.2) is 175 Å². The van der Waals surface area contributed by atoms with Gasteiger partial charge in [-0.15, -0.1) is 0 Å². The molecule has 4 nitrogen and oxygen atoms in total. The molecule has 7 rings (SSSR count). The number of para-hydroxylation sites is 3. The molecule has 0 spiro atoms. The van der Waals surface area contributed by atoms with Crippen LogP contribution in [0, 0.1) is 0 Å². The van der Waals surface area contributed by atoms with E-state index in [-0.39, 0.29) is 5.76 Å². The maximum atomic E-state index is 11.5. The average Bonchev–Trinajstić information content (AvgIpc) is 3.53. The Balaban J connectivity index is 1.35. The Morgan fingerprint density at radius 3 is 2.23 bits per heavy atom. The molecule has 0 aliphatic rings. The minimum Gasteiger partial charge on any atom is -0.505 e. The minimum atomic E-state index is 0.130. The highest BCUT2D eigenvalue weighted by Gasteiger charge is 2.18. The van der Waals surface area contributed by atoms with Gasteiger partial charge in [0.05, 0.1) is 16.7 Å². The van der Waals surface area contributed by atoms with Crippen LogP contribution in [0.5, 0.6) is 0 Å². The van der Waals surface area contributed by atoms with Gasteiger partial charge in [0, 0.05) is 28.6 Å². The number of hydrogen-bond acceptors (Lipinski definition) is 3. The number of fused-ring (bicyclic) bond motifs is 3. The summed E-state index contributed by atoms with van der Waals surface area (Å²) in [7, 11) is 0. The van der Waals surface area contributed by atoms with Crippen LogP contribution in [0.4, 0.5) is 0 Å². The van der Waals surface area contributed by atoms with Gasteiger partial charge in [-0.3, -0.25) is 9.56 Å². The van der Waals surface area contributed by atoms with Gasteiger partial charge in [0.15, 0.2) is 0 Å². The molecule has 0 amide bonds. The van der Waals surface area contributed by atoms with Crippen LogP contribution in [0.2, 0.25) is 0 Å². The Morgan fingerprint density at radius 2 is 1.44 bits per heavy atom. The molecule has 0 radical (unpaired) electrons. The van der Waals surface area contributed by atoms with E-state index in [0.29, 0.717) is 11.3 Å². The van der Waals surface area contributed by atoms with Gasteiger partial charge >= 0.3 is 0 Å². The minimum absolute atomic E-state index is 0.130. The largest absolute Gasteiger partial charge is 0.505 e. The maximum absolute atomic E-state index is 11.5. The molecule has 0 aliphatic heterocycles. The van der Waals surface area contributed by atoms with Crippen LogP contribution >= 0.6 is 0 Å². The van der Waals surface area contributed by atoms with Gasteiger partial charge in [-0.1, -0.05) is 122 Å². The van der Waals surface area contributed by atoms with Crippen LogP contribution in [0.1, 0.15) is 19.4 Å². The number of imidazole rings is 1. The van der Waals surface area contributed by atoms with Crippen LogP contribution in [-0.4, -0.2) is 20.9 Å². The first-order chi connectivity index (χ1) is 23.6. The predicted molar refractivity (Wildman–Crippen MR) is 204 cm³/mol. The topological polar surface area (TPSA) is 50.4 Å². The maximum Gasteiger partial charge on any atom is 0.145 e. The summed E-state index contributed by atoms with van der Waals surface area (Å²) in [6.45, 7) is 7.50. The van der Waals surface area contributed by atoms with E-state index in [0.717, 1.165) is 66.3 Å². The van der Waals surface area contributed by atoms with Crippen molar-refractivity contribution >= 4 is 44.4 Å². The standard InChI is InChI=1S/C44H35N3O/c1-4-6-17-39(43(48)30(3)45-27-5-2)42-37-18-11-10-14-34(37)29-35-28-33(25-26-38(35)42)31-21-23-32(24-22-31)44-46-40-19-12-13-20-41(40)47(44)36-15-8-7-9-16-36/h4-29,48H,2H2,1,3H3/b6-4+,39-17-,43-30-,45-27-. The third kappa shape index (κ3) is 5.65. The fourth-order valence-electron chi connectivity index (χ4n) is 6.31. The molecule has 0 fully saturated rings. The first kappa shape index (κ1) is 30.4. The molecule has 0 atom stereocenters. The summed E-state index contributed by atoms with van der Waals surface area (Å²) in [5.74, 6) is 1.04. The van der Waals surface area contributed by atoms with Crippen LogP contribution in [-0.2, 0) is 0 Å². The van der Waals surface area contributed by atoms with Gasteiger partial charge in [0.1, 0.15) is 11.6 Å². The molecule has 0 saturated heterocycles. The Hall–Kier alpha value is -6.26. The van der Waals surface area contributed by atoms with Crippen molar-refractivity contribution in [2.75, 3.05) is 0 Å². The van der Waals surface area contributed by atoms with Crippen molar-refractivity contribution in [3.63, 3.8) is 0 Å². The van der Waals surface area contributed by atoms with Gasteiger partial charge in [-0.2, -0.15) is 0 Å². The number of aliphatic hydroxyl groups excluding tert-OH is 1. The zero-order valence-corrected chi connectivity index (χ0v) is 27.0. The fourth-order valence-corrected chi connectivity index (χ4v) is 6.31. The van der Waals surface area contributed by atoms with Gasteiger partial charge < -0.3 is 5.11 Å². The summed E-state index contributed by atoms with van der Waals surface area (Å²) >= 11 is 0. The van der Waals surface area contributed by atoms with E-state index in [2.05, 4.69) is 119 Å². The first-order valence-corrected chi connectivity index (χ1v) is 16.0. The SMILES string of the molecule is C=C\C=N/C(C)=C(O)/C(=C\C=C\C)c1c2ccccc2cc2cc(-c3ccc(-c4nc5ccccc5n4-c4ccccc4)cc3)ccc12. The molecular weight excluding hydrogens is 587 g/mol. The molecule has 0 unspecified atom stereocenters. The molecule has 232 valence electrons. The van der Waals surface area contributed by atoms with E-state index in [1.165, 1.54) is 0 Å². The normalized spacial score (nSPS) is 12.8. The average molecular weight is 622 g/mol. The zero-order valence-electron chi connectivity index (χ0n) is 27.0. The molecule has 0 aliphatic carbocycles. The second kappa shape index (κ2) is 13.2. The Kier molecular flexibility index (Phi) is 8.38. The van der Waals surface area contributed by atoms with E-state index in [4.69, 9.17) is 4.98 Å². The number of hydrogen-bond donors (Lipinski definition) is 1. The van der Waals surface area contributed by atoms with Crippen LogP contribution in [0.3, 0.4) is 0 Å². The molecule has 7 aromatic rings. The lowest BCUT2D eigenvalue weighted by atomic mass is 9.89. The predicted octanol–water partition coefficient (Wildman–Crippen LogP) is 11.7. The number of aliphatic imine (C=N–C) groups is 1. The zero-order chi connectivity index (χ0) is 33.0. The third-order valence-electron chi connectivity index (χ3n) is 8.61. The molecule has 1 N–H and O–H groups in total. The highest BCUT2D eigenvalue weighted by atomic mass is 16.3. The lowest BCUT2D eigenvalue weighted by Crippen LogP contribution is -1.97. The second-order valence-corrected chi connectivity index (χ2v) is 11.6. The van der Waals surface area contributed by atoms with Crippen LogP contribution in [0.25, 0.3) is 66.4 Å². The van der Waals surface area contributed by atoms with E-state index in [1.54, 1.807) is 12.3 Å². The van der Waals surface area contributed by atoms with Crippen molar-refractivity contribution < 1.29 is 5.11 Å². The monoisotopic (exact) mass is 621 g/mol. The third-order valence-corrected chi connectivity index (χ3v) is 8.61. The number of benzene rings is 6. The lowest BCUT2D eigenvalue weighted by molar-refractivity contribution is 0.430. The highest BCUT2D eigenvalue weighted by Crippen LogP contribution is 2.39. The van der Waals surface area contributed by atoms with Crippen molar-refractivity contribution in [3.05, 3.63) is 175 Å². The second-order valence-electron chi connectivity index (χ2n) is 11.6. The van der Waals surface area contributed by atoms with Gasteiger partial charge in [-0.25, -0.2) is 4.98 Å². The summed E-state index contributed by atoms with van der Waals surface area (Å²) in [6.07, 6.45) is 9.06. The van der Waals surface area contributed by atoms with Crippen molar-refractivity contribution in [1.29, 1.82) is 0 Å². The molecule has 1 heterocycles. The van der Waals surface area contributed by atoms with Gasteiger partial charge in [-0.05, 0) is 82.9 Å². The van der Waals surface area contributed by atoms with Crippen LogP contribution < -0.4 is 0 Å². The summed E-state index contributed by atoms with van der Waals surface area (Å²) in [6, 6.07) is 44.4. The smallest absolute Gasteiger partial charge is 0.145 e. The quantitative estimate of drug-likeness (QED) is 0.0794. The first-order valence-electron chi connectivity index (χ1n) is 16.0. The number of nitrogens with zero attached hydrogens (tertiary/aromatic N) is 3. The lowest BCUT2D eigenvalue weighted by Gasteiger charge is -2.16. The molecule has 0 saturated carbocycles. The van der Waals surface area contributed by atoms with Crippen molar-refractivity contribution in [2.45, 2.75) is 13.8 Å². The number of rotatable bonds is 8. The highest BCUT2D eigenvalue weighted by molar-refractivity contribution is 6.12. The molecule has 1 aromatic heterocycles. The fraction of sp³-hybridized carbons (Fsp3) is 0.0455. The van der Waals surface area contributed by atoms with E-state index < -0.39 is 0 Å². The summed E-state index contributed by atoms with van der Waals surface area (Å²) in [4.78, 5) is 9.43. The molecule has 6 aromatic carbocycles. The number of aliphatic hydroxyl groups is 1. The van der Waals surface area contributed by atoms with E-state index in [9.17, 15) is 5.11 Å². The van der Waals surface area contributed by atoms with Gasteiger partial charge in [0.25, 0.3) is 0 Å². The summed E-state index contributed by atoms with van der Waals surface area (Å²) in [5, 5.41) is 15.8. The van der Waals surface area contributed by atoms with Crippen molar-refractivity contribution in [3.8, 4) is 28.2 Å². The molecule has 0 bridgehead atoms. The van der Waals surface area contributed by atoms with Crippen molar-refractivity contribution in [2.24, 2.45) is 4.99 Å². The number of allylic oxidation sites excluding steroid dienone is 6. The summed E-state index contributed by atoms with van der Waals surface area (Å²) < 4.78 is 2.22. The van der Waals surface area contributed by atoms with E-state index in [1.807, 2.05) is 56.3 Å². The summed E-state index contributed by atoms with van der Waals surface area (Å²) in [5.41, 5.74) is 8.58. The number of aromatic nitrogens is 2. The molecule has 4 heteroatoms. The Bertz CT molecular complexity index is 2420. The Labute approximate surface area is 280 Å². The van der Waals surface area contributed by atoms with Gasteiger partial charge in [0.2, 0.25) is 0 Å². The van der Waals surface area contributed by atoms with Crippen molar-refractivity contribution in [1.82, 2.24) is 9.55 Å². The van der Waals surface area contributed by atoms with E-state index >= 15 is 0 Å².